The van der Waals surface area contributed by atoms with E-state index in [1.165, 1.54) is 5.56 Å². The number of hydrogen-bond donors (Lipinski definition) is 0. The molecule has 0 spiro atoms. The molecule has 0 aromatic heterocycles. The highest BCUT2D eigenvalue weighted by Crippen LogP contribution is 2.19. The Balaban J connectivity index is 0.00000225. The van der Waals surface area contributed by atoms with Crippen molar-refractivity contribution in [2.45, 2.75) is 32.4 Å². The molecule has 2 aromatic carbocycles. The zero-order valence-corrected chi connectivity index (χ0v) is 16.7. The molecule has 5 heteroatoms. The topological polar surface area (TPSA) is 29.5 Å². The van der Waals surface area contributed by atoms with Crippen LogP contribution in [0.4, 0.5) is 0 Å². The third-order valence-electron chi connectivity index (χ3n) is 4.42. The minimum atomic E-state index is -0.207. The van der Waals surface area contributed by atoms with E-state index in [9.17, 15) is 4.79 Å². The van der Waals surface area contributed by atoms with Crippen LogP contribution in [0.1, 0.15) is 34.3 Å². The van der Waals surface area contributed by atoms with Gasteiger partial charge in [-0.15, -0.1) is 12.4 Å². The molecule has 0 aliphatic carbocycles. The van der Waals surface area contributed by atoms with Crippen LogP contribution in [0.5, 0.6) is 0 Å². The number of halogens is 2. The van der Waals surface area contributed by atoms with Crippen molar-refractivity contribution < 1.29 is 9.53 Å². The number of esters is 1. The van der Waals surface area contributed by atoms with Crippen molar-refractivity contribution in [1.29, 1.82) is 0 Å². The molecule has 3 nitrogen and oxygen atoms in total. The van der Waals surface area contributed by atoms with Crippen LogP contribution in [0.15, 0.2) is 53.0 Å². The molecule has 1 heterocycles. The Bertz CT molecular complexity index is 680. The molecule has 0 N–H and O–H groups in total. The van der Waals surface area contributed by atoms with Gasteiger partial charge in [-0.3, -0.25) is 4.90 Å². The van der Waals surface area contributed by atoms with Crippen molar-refractivity contribution in [2.24, 2.45) is 0 Å². The monoisotopic (exact) mass is 423 g/mol. The van der Waals surface area contributed by atoms with Gasteiger partial charge in [0.15, 0.2) is 0 Å². The minimum absolute atomic E-state index is 0. The number of likely N-dealkylation sites (tertiary alicyclic amines) is 1. The van der Waals surface area contributed by atoms with E-state index in [1.54, 1.807) is 0 Å². The maximum Gasteiger partial charge on any atom is 0.338 e. The lowest BCUT2D eigenvalue weighted by Gasteiger charge is -2.31. The molecule has 134 valence electrons. The lowest BCUT2D eigenvalue weighted by Crippen LogP contribution is -2.37. The van der Waals surface area contributed by atoms with Crippen molar-refractivity contribution in [2.75, 3.05) is 13.1 Å². The maximum atomic E-state index is 12.2. The fourth-order valence-electron chi connectivity index (χ4n) is 2.94. The van der Waals surface area contributed by atoms with Gasteiger partial charge in [-0.1, -0.05) is 45.8 Å². The predicted molar refractivity (Wildman–Crippen MR) is 106 cm³/mol. The molecule has 25 heavy (non-hydrogen) atoms. The average Bonchev–Trinajstić information content (AvgIpc) is 2.59. The molecule has 1 fully saturated rings. The van der Waals surface area contributed by atoms with E-state index in [1.807, 2.05) is 31.2 Å². The number of piperidine rings is 1. The Labute approximate surface area is 163 Å². The van der Waals surface area contributed by atoms with Crippen LogP contribution in [0, 0.1) is 6.92 Å². The van der Waals surface area contributed by atoms with E-state index < -0.39 is 0 Å². The highest BCUT2D eigenvalue weighted by molar-refractivity contribution is 9.10. The normalized spacial score (nSPS) is 15.4. The van der Waals surface area contributed by atoms with Gasteiger partial charge in [0.1, 0.15) is 6.10 Å². The van der Waals surface area contributed by atoms with E-state index >= 15 is 0 Å². The maximum absolute atomic E-state index is 12.2. The summed E-state index contributed by atoms with van der Waals surface area (Å²) in [7, 11) is 0. The molecule has 1 aliphatic heterocycles. The Morgan fingerprint density at radius 1 is 1.08 bits per heavy atom. The first kappa shape index (κ1) is 20.0. The van der Waals surface area contributed by atoms with Gasteiger partial charge >= 0.3 is 5.97 Å². The molecule has 0 radical (unpaired) electrons. The summed E-state index contributed by atoms with van der Waals surface area (Å²) in [6.07, 6.45) is 1.82. The van der Waals surface area contributed by atoms with Gasteiger partial charge in [0.25, 0.3) is 0 Å². The second kappa shape index (κ2) is 9.37. The zero-order valence-electron chi connectivity index (χ0n) is 14.3. The van der Waals surface area contributed by atoms with Crippen LogP contribution in [0.2, 0.25) is 0 Å². The quantitative estimate of drug-likeness (QED) is 0.647. The lowest BCUT2D eigenvalue weighted by molar-refractivity contribution is 0.0104. The molecular weight excluding hydrogens is 402 g/mol. The molecule has 0 saturated carbocycles. The highest BCUT2D eigenvalue weighted by atomic mass is 79.9. The van der Waals surface area contributed by atoms with Gasteiger partial charge in [-0.25, -0.2) is 4.79 Å². The van der Waals surface area contributed by atoms with Gasteiger partial charge in [0, 0.05) is 24.1 Å². The minimum Gasteiger partial charge on any atom is -0.459 e. The number of nitrogens with zero attached hydrogens (tertiary/aromatic N) is 1. The summed E-state index contributed by atoms with van der Waals surface area (Å²) in [6, 6.07) is 16.0. The van der Waals surface area contributed by atoms with E-state index in [-0.39, 0.29) is 24.5 Å². The first-order valence-electron chi connectivity index (χ1n) is 8.34. The molecule has 2 aromatic rings. The average molecular weight is 425 g/mol. The second-order valence-electron chi connectivity index (χ2n) is 6.37. The summed E-state index contributed by atoms with van der Waals surface area (Å²) in [6.45, 7) is 4.88. The number of rotatable bonds is 4. The van der Waals surface area contributed by atoms with E-state index in [0.29, 0.717) is 5.56 Å². The molecule has 0 atom stereocenters. The molecular formula is C20H23BrClNO2. The van der Waals surface area contributed by atoms with Gasteiger partial charge in [-0.05, 0) is 49.6 Å². The zero-order chi connectivity index (χ0) is 16.9. The van der Waals surface area contributed by atoms with Crippen molar-refractivity contribution >= 4 is 34.3 Å². The van der Waals surface area contributed by atoms with Crippen molar-refractivity contribution in [3.63, 3.8) is 0 Å². The Kier molecular flexibility index (Phi) is 7.48. The van der Waals surface area contributed by atoms with E-state index in [0.717, 1.165) is 42.5 Å². The molecule has 0 amide bonds. The number of hydrogen-bond acceptors (Lipinski definition) is 3. The van der Waals surface area contributed by atoms with Crippen LogP contribution in [-0.2, 0) is 11.3 Å². The molecule has 0 bridgehead atoms. The summed E-state index contributed by atoms with van der Waals surface area (Å²) in [4.78, 5) is 14.6. The first-order chi connectivity index (χ1) is 11.6. The summed E-state index contributed by atoms with van der Waals surface area (Å²) in [5.41, 5.74) is 3.10. The molecule has 0 unspecified atom stereocenters. The van der Waals surface area contributed by atoms with E-state index in [2.05, 4.69) is 45.1 Å². The van der Waals surface area contributed by atoms with Crippen LogP contribution in [-0.4, -0.2) is 30.1 Å². The number of aryl methyl sites for hydroxylation is 1. The first-order valence-corrected chi connectivity index (χ1v) is 9.14. The van der Waals surface area contributed by atoms with Gasteiger partial charge in [0.05, 0.1) is 5.56 Å². The van der Waals surface area contributed by atoms with Crippen LogP contribution in [0.3, 0.4) is 0 Å². The number of benzene rings is 2. The van der Waals surface area contributed by atoms with Crippen molar-refractivity contribution in [3.8, 4) is 0 Å². The third kappa shape index (κ3) is 5.84. The summed E-state index contributed by atoms with van der Waals surface area (Å²) >= 11 is 3.46. The number of ether oxygens (including phenoxy) is 1. The Morgan fingerprint density at radius 3 is 2.28 bits per heavy atom. The van der Waals surface area contributed by atoms with Gasteiger partial charge in [-0.2, -0.15) is 0 Å². The Morgan fingerprint density at radius 2 is 1.68 bits per heavy atom. The van der Waals surface area contributed by atoms with Crippen LogP contribution < -0.4 is 0 Å². The standard InChI is InChI=1S/C20H22BrNO2.ClH/c1-15-2-6-17(7-3-15)20(23)24-19-10-12-22(13-11-19)14-16-4-8-18(21)9-5-16;/h2-9,19H,10-14H2,1H3;1H. The van der Waals surface area contributed by atoms with Crippen LogP contribution in [0.25, 0.3) is 0 Å². The fourth-order valence-corrected chi connectivity index (χ4v) is 3.21. The third-order valence-corrected chi connectivity index (χ3v) is 4.94. The fraction of sp³-hybridized carbons (Fsp3) is 0.350. The van der Waals surface area contributed by atoms with Crippen molar-refractivity contribution in [3.05, 3.63) is 69.7 Å². The summed E-state index contributed by atoms with van der Waals surface area (Å²) in [5, 5.41) is 0. The molecule has 1 saturated heterocycles. The summed E-state index contributed by atoms with van der Waals surface area (Å²) in [5.74, 6) is -0.207. The van der Waals surface area contributed by atoms with E-state index in [4.69, 9.17) is 4.74 Å². The lowest BCUT2D eigenvalue weighted by atomic mass is 10.1. The number of carbonyl (C=O) groups is 1. The largest absolute Gasteiger partial charge is 0.459 e. The smallest absolute Gasteiger partial charge is 0.338 e. The SMILES string of the molecule is Cc1ccc(C(=O)OC2CCN(Cc3ccc(Br)cc3)CC2)cc1.Cl. The molecule has 3 rings (SSSR count). The van der Waals surface area contributed by atoms with Crippen LogP contribution >= 0.6 is 28.3 Å². The van der Waals surface area contributed by atoms with Gasteiger partial charge < -0.3 is 4.74 Å². The Hall–Kier alpha value is -1.36. The van der Waals surface area contributed by atoms with Gasteiger partial charge in [0.2, 0.25) is 0 Å². The molecule has 1 aliphatic rings. The second-order valence-corrected chi connectivity index (χ2v) is 7.29. The highest BCUT2D eigenvalue weighted by Gasteiger charge is 2.22. The van der Waals surface area contributed by atoms with Crippen molar-refractivity contribution in [1.82, 2.24) is 4.90 Å². The summed E-state index contributed by atoms with van der Waals surface area (Å²) < 4.78 is 6.76. The predicted octanol–water partition coefficient (Wildman–Crippen LogP) is 5.00. The number of carbonyl (C=O) groups excluding carboxylic acids is 1.